The standard InChI is InChI=1S/C18H23NS/c20-16-10-2-1-9-15-19(17-11-5-3-6-12-17)18-13-7-4-8-14-18/h3-8,11-14,20H,1-2,9-10,15-16H2. The molecule has 0 radical (unpaired) electrons. The molecule has 0 saturated heterocycles. The van der Waals surface area contributed by atoms with Crippen molar-refractivity contribution in [3.8, 4) is 0 Å². The highest BCUT2D eigenvalue weighted by molar-refractivity contribution is 7.80. The molecule has 0 amide bonds. The summed E-state index contributed by atoms with van der Waals surface area (Å²) in [5.74, 6) is 1.00. The van der Waals surface area contributed by atoms with Crippen molar-refractivity contribution in [2.75, 3.05) is 17.2 Å². The second-order valence-electron chi connectivity index (χ2n) is 4.96. The lowest BCUT2D eigenvalue weighted by Crippen LogP contribution is -2.18. The van der Waals surface area contributed by atoms with Gasteiger partial charge in [-0.2, -0.15) is 12.6 Å². The molecule has 2 rings (SSSR count). The van der Waals surface area contributed by atoms with Crippen LogP contribution in [-0.2, 0) is 0 Å². The minimum absolute atomic E-state index is 1.00. The fourth-order valence-corrected chi connectivity index (χ4v) is 2.58. The topological polar surface area (TPSA) is 3.24 Å². The van der Waals surface area contributed by atoms with Gasteiger partial charge in [0.1, 0.15) is 0 Å². The van der Waals surface area contributed by atoms with Crippen molar-refractivity contribution in [1.82, 2.24) is 0 Å². The van der Waals surface area contributed by atoms with E-state index in [0.717, 1.165) is 12.3 Å². The van der Waals surface area contributed by atoms with Gasteiger partial charge < -0.3 is 4.90 Å². The molecule has 2 aromatic carbocycles. The molecule has 0 aliphatic heterocycles. The Labute approximate surface area is 128 Å². The number of benzene rings is 2. The lowest BCUT2D eigenvalue weighted by molar-refractivity contribution is 0.672. The molecule has 0 N–H and O–H groups in total. The summed E-state index contributed by atoms with van der Waals surface area (Å²) in [6.07, 6.45) is 5.00. The highest BCUT2D eigenvalue weighted by atomic mass is 32.1. The van der Waals surface area contributed by atoms with Crippen molar-refractivity contribution in [1.29, 1.82) is 0 Å². The van der Waals surface area contributed by atoms with Crippen molar-refractivity contribution in [3.63, 3.8) is 0 Å². The van der Waals surface area contributed by atoms with Crippen molar-refractivity contribution in [2.45, 2.75) is 25.7 Å². The molecule has 1 nitrogen and oxygen atoms in total. The van der Waals surface area contributed by atoms with Crippen LogP contribution >= 0.6 is 12.6 Å². The van der Waals surface area contributed by atoms with Crippen LogP contribution in [0, 0.1) is 0 Å². The number of unbranched alkanes of at least 4 members (excludes halogenated alkanes) is 3. The van der Waals surface area contributed by atoms with Crippen molar-refractivity contribution >= 4 is 24.0 Å². The van der Waals surface area contributed by atoms with Gasteiger partial charge >= 0.3 is 0 Å². The zero-order valence-electron chi connectivity index (χ0n) is 11.9. The molecular formula is C18H23NS. The Bertz CT molecular complexity index is 430. The van der Waals surface area contributed by atoms with Gasteiger partial charge in [0.15, 0.2) is 0 Å². The second kappa shape index (κ2) is 8.70. The van der Waals surface area contributed by atoms with Gasteiger partial charge in [-0.1, -0.05) is 49.2 Å². The molecule has 0 heterocycles. The molecule has 2 heteroatoms. The molecule has 0 aromatic heterocycles. The molecule has 0 spiro atoms. The van der Waals surface area contributed by atoms with Gasteiger partial charge in [-0.15, -0.1) is 0 Å². The Morgan fingerprint density at radius 1 is 0.650 bits per heavy atom. The second-order valence-corrected chi connectivity index (χ2v) is 5.41. The zero-order chi connectivity index (χ0) is 14.0. The number of hydrogen-bond donors (Lipinski definition) is 1. The third kappa shape index (κ3) is 4.61. The van der Waals surface area contributed by atoms with Crippen molar-refractivity contribution in [3.05, 3.63) is 60.7 Å². The third-order valence-corrected chi connectivity index (χ3v) is 3.74. The van der Waals surface area contributed by atoms with Gasteiger partial charge in [0.25, 0.3) is 0 Å². The molecule has 2 aromatic rings. The number of anilines is 2. The van der Waals surface area contributed by atoms with E-state index in [1.807, 2.05) is 0 Å². The van der Waals surface area contributed by atoms with Gasteiger partial charge in [-0.05, 0) is 42.9 Å². The van der Waals surface area contributed by atoms with Gasteiger partial charge in [-0.25, -0.2) is 0 Å². The van der Waals surface area contributed by atoms with Gasteiger partial charge in [0.05, 0.1) is 0 Å². The monoisotopic (exact) mass is 285 g/mol. The summed E-state index contributed by atoms with van der Waals surface area (Å²) in [5.41, 5.74) is 2.54. The van der Waals surface area contributed by atoms with Gasteiger partial charge in [0.2, 0.25) is 0 Å². The largest absolute Gasteiger partial charge is 0.341 e. The first-order valence-corrected chi connectivity index (χ1v) is 8.03. The smallest absolute Gasteiger partial charge is 0.0410 e. The fraction of sp³-hybridized carbons (Fsp3) is 0.333. The molecule has 0 aliphatic carbocycles. The molecule has 106 valence electrons. The van der Waals surface area contributed by atoms with E-state index < -0.39 is 0 Å². The molecule has 0 fully saturated rings. The molecule has 0 aliphatic rings. The van der Waals surface area contributed by atoms with E-state index in [0.29, 0.717) is 0 Å². The first-order chi connectivity index (χ1) is 9.92. The first kappa shape index (κ1) is 15.0. The van der Waals surface area contributed by atoms with Crippen LogP contribution in [-0.4, -0.2) is 12.3 Å². The van der Waals surface area contributed by atoms with Crippen LogP contribution in [0.15, 0.2) is 60.7 Å². The lowest BCUT2D eigenvalue weighted by atomic mass is 10.1. The van der Waals surface area contributed by atoms with E-state index >= 15 is 0 Å². The molecule has 0 atom stereocenters. The number of para-hydroxylation sites is 2. The quantitative estimate of drug-likeness (QED) is 0.508. The average Bonchev–Trinajstić information content (AvgIpc) is 2.53. The van der Waals surface area contributed by atoms with Crippen molar-refractivity contribution < 1.29 is 0 Å². The van der Waals surface area contributed by atoms with E-state index in [1.165, 1.54) is 37.1 Å². The minimum Gasteiger partial charge on any atom is -0.341 e. The van der Waals surface area contributed by atoms with Gasteiger partial charge in [-0.3, -0.25) is 0 Å². The van der Waals surface area contributed by atoms with E-state index in [2.05, 4.69) is 78.2 Å². The maximum Gasteiger partial charge on any atom is 0.0410 e. The Hall–Kier alpha value is -1.41. The Morgan fingerprint density at radius 3 is 1.65 bits per heavy atom. The summed E-state index contributed by atoms with van der Waals surface area (Å²) in [7, 11) is 0. The molecule has 20 heavy (non-hydrogen) atoms. The third-order valence-electron chi connectivity index (χ3n) is 3.43. The number of nitrogens with zero attached hydrogens (tertiary/aromatic N) is 1. The van der Waals surface area contributed by atoms with Crippen LogP contribution in [0.3, 0.4) is 0 Å². The summed E-state index contributed by atoms with van der Waals surface area (Å²) in [6.45, 7) is 1.07. The normalized spacial score (nSPS) is 10.4. The maximum absolute atomic E-state index is 4.27. The highest BCUT2D eigenvalue weighted by Gasteiger charge is 2.07. The summed E-state index contributed by atoms with van der Waals surface area (Å²) in [5, 5.41) is 0. The predicted molar refractivity (Wildman–Crippen MR) is 92.2 cm³/mol. The highest BCUT2D eigenvalue weighted by Crippen LogP contribution is 2.25. The molecule has 0 saturated carbocycles. The lowest BCUT2D eigenvalue weighted by Gasteiger charge is -2.25. The predicted octanol–water partition coefficient (Wildman–Crippen LogP) is 5.31. The Kier molecular flexibility index (Phi) is 6.52. The van der Waals surface area contributed by atoms with Crippen LogP contribution in [0.4, 0.5) is 11.4 Å². The maximum atomic E-state index is 4.27. The minimum atomic E-state index is 1.00. The SMILES string of the molecule is SCCCCCCN(c1ccccc1)c1ccccc1. The first-order valence-electron chi connectivity index (χ1n) is 7.40. The van der Waals surface area contributed by atoms with Crippen LogP contribution in [0.1, 0.15) is 25.7 Å². The fourth-order valence-electron chi connectivity index (χ4n) is 2.36. The summed E-state index contributed by atoms with van der Waals surface area (Å²) in [6, 6.07) is 21.3. The molecular weight excluding hydrogens is 262 g/mol. The zero-order valence-corrected chi connectivity index (χ0v) is 12.8. The Morgan fingerprint density at radius 2 is 1.15 bits per heavy atom. The van der Waals surface area contributed by atoms with Crippen LogP contribution in [0.25, 0.3) is 0 Å². The number of thiol groups is 1. The van der Waals surface area contributed by atoms with Gasteiger partial charge in [0, 0.05) is 17.9 Å². The van der Waals surface area contributed by atoms with Crippen LogP contribution < -0.4 is 4.90 Å². The molecule has 0 unspecified atom stereocenters. The average molecular weight is 285 g/mol. The van der Waals surface area contributed by atoms with E-state index in [1.54, 1.807) is 0 Å². The van der Waals surface area contributed by atoms with E-state index in [-0.39, 0.29) is 0 Å². The van der Waals surface area contributed by atoms with Crippen LogP contribution in [0.2, 0.25) is 0 Å². The number of hydrogen-bond acceptors (Lipinski definition) is 2. The van der Waals surface area contributed by atoms with E-state index in [4.69, 9.17) is 0 Å². The van der Waals surface area contributed by atoms with Crippen LogP contribution in [0.5, 0.6) is 0 Å². The summed E-state index contributed by atoms with van der Waals surface area (Å²) in [4.78, 5) is 2.40. The summed E-state index contributed by atoms with van der Waals surface area (Å²) >= 11 is 4.27. The number of rotatable bonds is 8. The Balaban J connectivity index is 2.02. The van der Waals surface area contributed by atoms with E-state index in [9.17, 15) is 0 Å². The van der Waals surface area contributed by atoms with Crippen molar-refractivity contribution in [2.24, 2.45) is 0 Å². The summed E-state index contributed by atoms with van der Waals surface area (Å²) < 4.78 is 0. The molecule has 0 bridgehead atoms.